The molecule has 2 aromatic rings. The second kappa shape index (κ2) is 10.4. The fraction of sp³-hybridized carbons (Fsp3) is 0.409. The van der Waals surface area contributed by atoms with Crippen molar-refractivity contribution in [1.82, 2.24) is 14.5 Å². The monoisotopic (exact) mass is 449 g/mol. The number of carbonyl (C=O) groups is 1. The van der Waals surface area contributed by atoms with E-state index in [9.17, 15) is 13.2 Å². The molecule has 2 aromatic carbocycles. The van der Waals surface area contributed by atoms with E-state index in [4.69, 9.17) is 11.6 Å². The molecule has 1 N–H and O–H groups in total. The first-order chi connectivity index (χ1) is 14.4. The molecule has 0 bridgehead atoms. The smallest absolute Gasteiger partial charge is 0.243 e. The van der Waals surface area contributed by atoms with Gasteiger partial charge in [-0.05, 0) is 41.8 Å². The molecule has 0 saturated carbocycles. The Bertz CT molecular complexity index is 958. The first kappa shape index (κ1) is 22.7. The van der Waals surface area contributed by atoms with Gasteiger partial charge < -0.3 is 10.2 Å². The number of hydrogen-bond donors (Lipinski definition) is 1. The van der Waals surface area contributed by atoms with Crippen LogP contribution in [0, 0.1) is 0 Å². The Balaban J connectivity index is 1.81. The van der Waals surface area contributed by atoms with Crippen LogP contribution in [0.15, 0.2) is 53.4 Å². The summed E-state index contributed by atoms with van der Waals surface area (Å²) in [5.41, 5.74) is 1.86. The Morgan fingerprint density at radius 3 is 2.43 bits per heavy atom. The average Bonchev–Trinajstić information content (AvgIpc) is 2.77. The second-order valence-electron chi connectivity index (χ2n) is 7.35. The van der Waals surface area contributed by atoms with E-state index in [1.54, 1.807) is 35.2 Å². The van der Waals surface area contributed by atoms with Crippen LogP contribution >= 0.6 is 11.6 Å². The van der Waals surface area contributed by atoms with Crippen molar-refractivity contribution in [2.75, 3.05) is 32.7 Å². The van der Waals surface area contributed by atoms with Crippen LogP contribution in [-0.2, 0) is 27.8 Å². The molecular weight excluding hydrogens is 422 g/mol. The summed E-state index contributed by atoms with van der Waals surface area (Å²) in [6.45, 7) is 5.13. The highest BCUT2D eigenvalue weighted by Gasteiger charge is 2.26. The number of nitrogens with zero attached hydrogens (tertiary/aromatic N) is 2. The summed E-state index contributed by atoms with van der Waals surface area (Å²) >= 11 is 6.09. The summed E-state index contributed by atoms with van der Waals surface area (Å²) in [5, 5.41) is 3.76. The van der Waals surface area contributed by atoms with Crippen LogP contribution in [0.5, 0.6) is 0 Å². The van der Waals surface area contributed by atoms with Gasteiger partial charge in [-0.1, -0.05) is 42.8 Å². The molecule has 1 saturated heterocycles. The number of benzene rings is 2. The van der Waals surface area contributed by atoms with Crippen molar-refractivity contribution in [2.24, 2.45) is 0 Å². The zero-order chi connectivity index (χ0) is 21.6. The Kier molecular flexibility index (Phi) is 7.88. The summed E-state index contributed by atoms with van der Waals surface area (Å²) in [6, 6.07) is 14.1. The van der Waals surface area contributed by atoms with Gasteiger partial charge in [0.25, 0.3) is 0 Å². The van der Waals surface area contributed by atoms with E-state index in [2.05, 4.69) is 5.32 Å². The molecule has 0 spiro atoms. The minimum Gasteiger partial charge on any atom is -0.340 e. The predicted octanol–water partition coefficient (Wildman–Crippen LogP) is 2.92. The second-order valence-corrected chi connectivity index (χ2v) is 9.72. The number of piperazine rings is 1. The average molecular weight is 450 g/mol. The Labute approximate surface area is 183 Å². The Morgan fingerprint density at radius 2 is 1.80 bits per heavy atom. The third kappa shape index (κ3) is 5.82. The van der Waals surface area contributed by atoms with E-state index in [-0.39, 0.29) is 30.3 Å². The number of nitrogens with one attached hydrogen (secondary N) is 1. The van der Waals surface area contributed by atoms with Crippen molar-refractivity contribution in [1.29, 1.82) is 0 Å². The topological polar surface area (TPSA) is 69.7 Å². The normalized spacial score (nSPS) is 14.8. The summed E-state index contributed by atoms with van der Waals surface area (Å²) in [5.74, 6) is -0.0240. The molecule has 0 atom stereocenters. The molecule has 30 heavy (non-hydrogen) atoms. The van der Waals surface area contributed by atoms with Gasteiger partial charge in [0, 0.05) is 50.7 Å². The number of amides is 1. The zero-order valence-corrected chi connectivity index (χ0v) is 18.8. The van der Waals surface area contributed by atoms with Gasteiger partial charge in [-0.3, -0.25) is 4.79 Å². The molecule has 3 rings (SSSR count). The molecule has 8 heteroatoms. The molecule has 0 aliphatic carbocycles. The van der Waals surface area contributed by atoms with Gasteiger partial charge in [0.1, 0.15) is 0 Å². The molecule has 0 unspecified atom stereocenters. The van der Waals surface area contributed by atoms with Crippen LogP contribution < -0.4 is 5.32 Å². The van der Waals surface area contributed by atoms with Crippen LogP contribution in [0.2, 0.25) is 5.02 Å². The van der Waals surface area contributed by atoms with E-state index < -0.39 is 10.0 Å². The SMILES string of the molecule is CCc1ccc(S(=O)(=O)N(CCC(=O)N2CCNCC2)Cc2cccc(Cl)c2)cc1. The van der Waals surface area contributed by atoms with Crippen LogP contribution in [0.3, 0.4) is 0 Å². The van der Waals surface area contributed by atoms with Crippen molar-refractivity contribution < 1.29 is 13.2 Å². The molecule has 1 amide bonds. The molecule has 0 radical (unpaired) electrons. The van der Waals surface area contributed by atoms with E-state index in [1.165, 1.54) is 4.31 Å². The first-order valence-corrected chi connectivity index (χ1v) is 12.0. The minimum atomic E-state index is -3.76. The largest absolute Gasteiger partial charge is 0.340 e. The lowest BCUT2D eigenvalue weighted by atomic mass is 10.2. The standard InChI is InChI=1S/C22H28ClN3O3S/c1-2-18-6-8-21(9-7-18)30(28,29)26(17-19-4-3-5-20(23)16-19)13-10-22(27)25-14-11-24-12-15-25/h3-9,16,24H,2,10-15,17H2,1H3. The van der Waals surface area contributed by atoms with Crippen molar-refractivity contribution in [3.63, 3.8) is 0 Å². The Morgan fingerprint density at radius 1 is 1.10 bits per heavy atom. The van der Waals surface area contributed by atoms with Gasteiger partial charge in [-0.15, -0.1) is 0 Å². The van der Waals surface area contributed by atoms with Crippen LogP contribution in [0.1, 0.15) is 24.5 Å². The third-order valence-corrected chi connectivity index (χ3v) is 7.36. The maximum absolute atomic E-state index is 13.4. The summed E-state index contributed by atoms with van der Waals surface area (Å²) in [7, 11) is -3.76. The summed E-state index contributed by atoms with van der Waals surface area (Å²) in [6.07, 6.45) is 0.985. The molecule has 1 aliphatic heterocycles. The minimum absolute atomic E-state index is 0.0240. The number of rotatable bonds is 8. The van der Waals surface area contributed by atoms with E-state index in [0.717, 1.165) is 30.6 Å². The van der Waals surface area contributed by atoms with E-state index >= 15 is 0 Å². The van der Waals surface area contributed by atoms with Gasteiger partial charge in [0.15, 0.2) is 0 Å². The van der Waals surface area contributed by atoms with Crippen LogP contribution in [0.4, 0.5) is 0 Å². The van der Waals surface area contributed by atoms with Crippen molar-refractivity contribution in [3.05, 3.63) is 64.7 Å². The zero-order valence-electron chi connectivity index (χ0n) is 17.2. The van der Waals surface area contributed by atoms with Gasteiger partial charge in [-0.2, -0.15) is 4.31 Å². The number of halogens is 1. The van der Waals surface area contributed by atoms with Gasteiger partial charge in [0.2, 0.25) is 15.9 Å². The highest BCUT2D eigenvalue weighted by molar-refractivity contribution is 7.89. The number of sulfonamides is 1. The van der Waals surface area contributed by atoms with Crippen molar-refractivity contribution in [2.45, 2.75) is 31.2 Å². The fourth-order valence-electron chi connectivity index (χ4n) is 3.46. The Hall–Kier alpha value is -1.93. The third-order valence-electron chi connectivity index (χ3n) is 5.26. The number of carbonyl (C=O) groups excluding carboxylic acids is 1. The van der Waals surface area contributed by atoms with Crippen molar-refractivity contribution in [3.8, 4) is 0 Å². The molecule has 162 valence electrons. The molecule has 1 aliphatic rings. The van der Waals surface area contributed by atoms with Gasteiger partial charge in [0.05, 0.1) is 4.90 Å². The van der Waals surface area contributed by atoms with E-state index in [1.807, 2.05) is 25.1 Å². The van der Waals surface area contributed by atoms with Gasteiger partial charge >= 0.3 is 0 Å². The highest BCUT2D eigenvalue weighted by atomic mass is 35.5. The predicted molar refractivity (Wildman–Crippen MR) is 119 cm³/mol. The lowest BCUT2D eigenvalue weighted by Gasteiger charge is -2.29. The van der Waals surface area contributed by atoms with Crippen LogP contribution in [-0.4, -0.2) is 56.3 Å². The molecule has 6 nitrogen and oxygen atoms in total. The lowest BCUT2D eigenvalue weighted by Crippen LogP contribution is -2.47. The summed E-state index contributed by atoms with van der Waals surface area (Å²) < 4.78 is 28.1. The number of aryl methyl sites for hydroxylation is 1. The molecule has 0 aromatic heterocycles. The molecular formula is C22H28ClN3O3S. The molecule has 1 fully saturated rings. The van der Waals surface area contributed by atoms with E-state index in [0.29, 0.717) is 18.1 Å². The maximum atomic E-state index is 13.4. The lowest BCUT2D eigenvalue weighted by molar-refractivity contribution is -0.131. The van der Waals surface area contributed by atoms with Crippen molar-refractivity contribution >= 4 is 27.5 Å². The first-order valence-electron chi connectivity index (χ1n) is 10.2. The highest BCUT2D eigenvalue weighted by Crippen LogP contribution is 2.21. The quantitative estimate of drug-likeness (QED) is 0.672. The molecule has 1 heterocycles. The number of hydrogen-bond acceptors (Lipinski definition) is 4. The van der Waals surface area contributed by atoms with Gasteiger partial charge in [-0.25, -0.2) is 8.42 Å². The summed E-state index contributed by atoms with van der Waals surface area (Å²) in [4.78, 5) is 14.6. The maximum Gasteiger partial charge on any atom is 0.243 e. The fourth-order valence-corrected chi connectivity index (χ4v) is 5.10. The van der Waals surface area contributed by atoms with Crippen LogP contribution in [0.25, 0.3) is 0 Å².